The molecule has 56 valence electrons. The summed E-state index contributed by atoms with van der Waals surface area (Å²) in [6.07, 6.45) is 1.93. The zero-order valence-electron chi connectivity index (χ0n) is 5.47. The van der Waals surface area contributed by atoms with Gasteiger partial charge in [-0.05, 0) is 13.0 Å². The van der Waals surface area contributed by atoms with Crippen molar-refractivity contribution in [2.75, 3.05) is 25.5 Å². The molecular weight excluding hydrogens is 137 g/mol. The molecule has 0 aromatic rings. The highest BCUT2D eigenvalue weighted by Gasteiger charge is 1.95. The Morgan fingerprint density at radius 1 is 1.44 bits per heavy atom. The molecule has 0 aromatic carbocycles. The average Bonchev–Trinajstić information content (AvgIpc) is 1.85. The van der Waals surface area contributed by atoms with E-state index < -0.39 is 7.80 Å². The van der Waals surface area contributed by atoms with E-state index in [4.69, 9.17) is 10.8 Å². The average molecular weight is 151 g/mol. The van der Waals surface area contributed by atoms with E-state index in [9.17, 15) is 4.57 Å². The molecule has 0 aliphatic heterocycles. The van der Waals surface area contributed by atoms with E-state index in [0.29, 0.717) is 25.3 Å². The highest BCUT2D eigenvalue weighted by Crippen LogP contribution is 2.18. The quantitative estimate of drug-likeness (QED) is 0.539. The monoisotopic (exact) mass is 151 g/mol. The molecule has 3 N–H and O–H groups in total. The first-order valence-corrected chi connectivity index (χ1v) is 4.96. The Bertz CT molecular complexity index is 87.0. The van der Waals surface area contributed by atoms with E-state index in [2.05, 4.69) is 0 Å². The van der Waals surface area contributed by atoms with Crippen LogP contribution < -0.4 is 5.73 Å². The van der Waals surface area contributed by atoms with Gasteiger partial charge in [0.25, 0.3) is 0 Å². The molecule has 0 amide bonds. The van der Waals surface area contributed by atoms with Gasteiger partial charge in [-0.1, -0.05) is 0 Å². The zero-order chi connectivity index (χ0) is 7.11. The summed E-state index contributed by atoms with van der Waals surface area (Å²) in [5, 5.41) is 8.33. The predicted molar refractivity (Wildman–Crippen MR) is 39.5 cm³/mol. The Hall–Kier alpha value is 0.150. The molecule has 4 heteroatoms. The molecule has 0 radical (unpaired) electrons. The van der Waals surface area contributed by atoms with Crippen molar-refractivity contribution in [3.05, 3.63) is 0 Å². The zero-order valence-corrected chi connectivity index (χ0v) is 6.47. The fraction of sp³-hybridized carbons (Fsp3) is 1.00. The van der Waals surface area contributed by atoms with E-state index in [1.807, 2.05) is 0 Å². The van der Waals surface area contributed by atoms with Crippen LogP contribution in [0.2, 0.25) is 0 Å². The maximum absolute atomic E-state index is 10.8. The first-order valence-electron chi connectivity index (χ1n) is 3.14. The summed E-state index contributed by atoms with van der Waals surface area (Å²) in [4.78, 5) is 0. The molecule has 0 saturated heterocycles. The van der Waals surface area contributed by atoms with Crippen LogP contribution in [0, 0.1) is 0 Å². The van der Waals surface area contributed by atoms with Gasteiger partial charge in [0, 0.05) is 18.9 Å². The number of aliphatic hydroxyl groups excluding tert-OH is 1. The van der Waals surface area contributed by atoms with Crippen molar-refractivity contribution >= 4 is 7.80 Å². The minimum absolute atomic E-state index is 0.140. The predicted octanol–water partition coefficient (Wildman–Crippen LogP) is -0.113. The number of hydrogen-bond acceptors (Lipinski definition) is 3. The molecule has 0 saturated carbocycles. The van der Waals surface area contributed by atoms with Crippen molar-refractivity contribution in [2.45, 2.75) is 6.42 Å². The summed E-state index contributed by atoms with van der Waals surface area (Å²) in [6.45, 7) is 0.643. The third kappa shape index (κ3) is 6.03. The second kappa shape index (κ2) is 6.27. The van der Waals surface area contributed by atoms with Crippen LogP contribution in [0.4, 0.5) is 0 Å². The van der Waals surface area contributed by atoms with Crippen LogP contribution in [0.3, 0.4) is 0 Å². The normalized spacial score (nSPS) is 13.6. The third-order valence-corrected chi connectivity index (χ3v) is 2.79. The number of rotatable bonds is 5. The minimum Gasteiger partial charge on any atom is -0.396 e. The van der Waals surface area contributed by atoms with Crippen LogP contribution in [-0.2, 0) is 4.57 Å². The molecule has 9 heavy (non-hydrogen) atoms. The summed E-state index contributed by atoms with van der Waals surface area (Å²) >= 11 is 0. The topological polar surface area (TPSA) is 63.3 Å². The maximum Gasteiger partial charge on any atom is 0.0775 e. The number of nitrogens with two attached hydrogens (primary N) is 1. The van der Waals surface area contributed by atoms with Gasteiger partial charge in [0.1, 0.15) is 0 Å². The summed E-state index contributed by atoms with van der Waals surface area (Å²) in [7, 11) is -1.44. The Morgan fingerprint density at radius 3 is 2.56 bits per heavy atom. The van der Waals surface area contributed by atoms with Crippen LogP contribution in [0.25, 0.3) is 0 Å². The molecule has 1 unspecified atom stereocenters. The lowest BCUT2D eigenvalue weighted by Crippen LogP contribution is -2.02. The van der Waals surface area contributed by atoms with E-state index in [0.717, 1.165) is 0 Å². The second-order valence-corrected chi connectivity index (χ2v) is 3.98. The summed E-state index contributed by atoms with van der Waals surface area (Å²) < 4.78 is 10.8. The molecule has 0 aromatic heterocycles. The number of hydrogen-bond donors (Lipinski definition) is 2. The van der Waals surface area contributed by atoms with E-state index in [1.165, 1.54) is 0 Å². The van der Waals surface area contributed by atoms with Gasteiger partial charge in [-0.25, -0.2) is 0 Å². The minimum atomic E-state index is -1.44. The highest BCUT2D eigenvalue weighted by atomic mass is 31.1. The fourth-order valence-electron chi connectivity index (χ4n) is 0.562. The Balaban J connectivity index is 3.06. The Labute approximate surface area is 56.0 Å². The van der Waals surface area contributed by atoms with Crippen molar-refractivity contribution < 1.29 is 9.67 Å². The molecular formula is C5H14NO2P. The van der Waals surface area contributed by atoms with Crippen molar-refractivity contribution in [3.8, 4) is 0 Å². The third-order valence-electron chi connectivity index (χ3n) is 1.04. The standard InChI is InChI=1S/C5H14NO2P/c6-2-5-9(8)4-1-3-7/h7,9H,1-6H2. The molecule has 0 heterocycles. The van der Waals surface area contributed by atoms with Gasteiger partial charge in [0.05, 0.1) is 7.80 Å². The van der Waals surface area contributed by atoms with Crippen LogP contribution >= 0.6 is 7.80 Å². The SMILES string of the molecule is NCC[PH](=O)CCCO. The molecule has 0 bridgehead atoms. The second-order valence-electron chi connectivity index (χ2n) is 1.90. The van der Waals surface area contributed by atoms with Gasteiger partial charge in [-0.2, -0.15) is 0 Å². The first kappa shape index (κ1) is 9.15. The molecule has 1 atom stereocenters. The highest BCUT2D eigenvalue weighted by molar-refractivity contribution is 7.44. The van der Waals surface area contributed by atoms with Gasteiger partial charge in [-0.15, -0.1) is 0 Å². The Morgan fingerprint density at radius 2 is 2.11 bits per heavy atom. The molecule has 0 aliphatic carbocycles. The van der Waals surface area contributed by atoms with Gasteiger partial charge in [0.15, 0.2) is 0 Å². The number of aliphatic hydroxyl groups is 1. The molecule has 0 spiro atoms. The van der Waals surface area contributed by atoms with Crippen LogP contribution in [0.5, 0.6) is 0 Å². The summed E-state index contributed by atoms with van der Waals surface area (Å²) in [5.41, 5.74) is 5.16. The van der Waals surface area contributed by atoms with Crippen molar-refractivity contribution in [1.82, 2.24) is 0 Å². The van der Waals surface area contributed by atoms with Gasteiger partial charge in [0.2, 0.25) is 0 Å². The molecule has 3 nitrogen and oxygen atoms in total. The maximum atomic E-state index is 10.8. The van der Waals surface area contributed by atoms with Crippen molar-refractivity contribution in [3.63, 3.8) is 0 Å². The lowest BCUT2D eigenvalue weighted by atomic mass is 10.5. The van der Waals surface area contributed by atoms with Gasteiger partial charge in [-0.3, -0.25) is 0 Å². The Kier molecular flexibility index (Phi) is 6.38. The largest absolute Gasteiger partial charge is 0.396 e. The first-order chi connectivity index (χ1) is 4.31. The van der Waals surface area contributed by atoms with E-state index >= 15 is 0 Å². The smallest absolute Gasteiger partial charge is 0.0775 e. The van der Waals surface area contributed by atoms with E-state index in [-0.39, 0.29) is 6.61 Å². The molecule has 0 rings (SSSR count). The van der Waals surface area contributed by atoms with Gasteiger partial charge < -0.3 is 15.4 Å². The van der Waals surface area contributed by atoms with Crippen molar-refractivity contribution in [1.29, 1.82) is 0 Å². The summed E-state index contributed by atoms with van der Waals surface area (Å²) in [5.74, 6) is 0. The van der Waals surface area contributed by atoms with E-state index in [1.54, 1.807) is 0 Å². The lowest BCUT2D eigenvalue weighted by Gasteiger charge is -1.95. The van der Waals surface area contributed by atoms with Crippen LogP contribution in [0.1, 0.15) is 6.42 Å². The van der Waals surface area contributed by atoms with Crippen LogP contribution in [0.15, 0.2) is 0 Å². The molecule has 0 aliphatic rings. The fourth-order valence-corrected chi connectivity index (χ4v) is 1.69. The van der Waals surface area contributed by atoms with Crippen molar-refractivity contribution in [2.24, 2.45) is 5.73 Å². The molecule has 0 fully saturated rings. The van der Waals surface area contributed by atoms with Crippen LogP contribution in [-0.4, -0.2) is 30.6 Å². The lowest BCUT2D eigenvalue weighted by molar-refractivity contribution is 0.295. The van der Waals surface area contributed by atoms with Gasteiger partial charge >= 0.3 is 0 Å². The summed E-state index contributed by atoms with van der Waals surface area (Å²) in [6, 6.07) is 0.